The molecule has 2 nitrogen and oxygen atoms in total. The monoisotopic (exact) mass is 232 g/mol. The van der Waals surface area contributed by atoms with Crippen LogP contribution in [0.5, 0.6) is 5.75 Å². The van der Waals surface area contributed by atoms with E-state index in [0.29, 0.717) is 17.7 Å². The van der Waals surface area contributed by atoms with E-state index in [0.717, 1.165) is 5.56 Å². The molecule has 0 unspecified atom stereocenters. The van der Waals surface area contributed by atoms with E-state index >= 15 is 0 Å². The highest BCUT2D eigenvalue weighted by atomic mass is 16.5. The molecule has 0 amide bonds. The number of esters is 1. The summed E-state index contributed by atoms with van der Waals surface area (Å²) in [5.74, 6) is 0.281. The Balaban J connectivity index is 3.00. The van der Waals surface area contributed by atoms with Crippen LogP contribution in [0.4, 0.5) is 0 Å². The van der Waals surface area contributed by atoms with Gasteiger partial charge in [0.05, 0.1) is 0 Å². The molecule has 1 rings (SSSR count). The van der Waals surface area contributed by atoms with Gasteiger partial charge in [-0.15, -0.1) is 0 Å². The van der Waals surface area contributed by atoms with Gasteiger partial charge in [0.1, 0.15) is 5.75 Å². The molecule has 0 aliphatic heterocycles. The van der Waals surface area contributed by atoms with Crippen LogP contribution in [0.25, 0.3) is 0 Å². The Morgan fingerprint density at radius 3 is 2.41 bits per heavy atom. The van der Waals surface area contributed by atoms with Gasteiger partial charge in [-0.1, -0.05) is 52.5 Å². The Morgan fingerprint density at radius 1 is 1.29 bits per heavy atom. The van der Waals surface area contributed by atoms with Crippen molar-refractivity contribution in [2.45, 2.75) is 39.5 Å². The quantitative estimate of drug-likeness (QED) is 0.449. The van der Waals surface area contributed by atoms with E-state index in [1.165, 1.54) is 0 Å². The molecular formula is C15H20O2. The highest BCUT2D eigenvalue weighted by Gasteiger charge is 2.20. The second-order valence-corrected chi connectivity index (χ2v) is 5.09. The minimum Gasteiger partial charge on any atom is -0.423 e. The van der Waals surface area contributed by atoms with Crippen molar-refractivity contribution >= 4 is 5.97 Å². The van der Waals surface area contributed by atoms with Crippen LogP contribution < -0.4 is 4.74 Å². The van der Waals surface area contributed by atoms with Gasteiger partial charge < -0.3 is 4.74 Å². The van der Waals surface area contributed by atoms with Gasteiger partial charge in [0.15, 0.2) is 0 Å². The zero-order valence-electron chi connectivity index (χ0n) is 11.0. The summed E-state index contributed by atoms with van der Waals surface area (Å²) in [6, 6.07) is 7.62. The first-order chi connectivity index (χ1) is 7.86. The van der Waals surface area contributed by atoms with Crippen molar-refractivity contribution in [1.82, 2.24) is 0 Å². The first-order valence-corrected chi connectivity index (χ1v) is 5.85. The third-order valence-electron chi connectivity index (χ3n) is 2.61. The predicted molar refractivity (Wildman–Crippen MR) is 70.2 cm³/mol. The van der Waals surface area contributed by atoms with Crippen LogP contribution in [0.3, 0.4) is 0 Å². The van der Waals surface area contributed by atoms with E-state index in [1.54, 1.807) is 0 Å². The Labute approximate surface area is 103 Å². The largest absolute Gasteiger partial charge is 0.423 e. The average molecular weight is 232 g/mol. The van der Waals surface area contributed by atoms with Gasteiger partial charge in [-0.2, -0.15) is 0 Å². The van der Waals surface area contributed by atoms with Crippen LogP contribution in [0.1, 0.15) is 39.7 Å². The first kappa shape index (κ1) is 13.5. The van der Waals surface area contributed by atoms with Gasteiger partial charge in [-0.05, 0) is 17.9 Å². The summed E-state index contributed by atoms with van der Waals surface area (Å²) in [7, 11) is 0. The fourth-order valence-corrected chi connectivity index (χ4v) is 1.49. The molecule has 0 heterocycles. The Morgan fingerprint density at radius 2 is 1.88 bits per heavy atom. The lowest BCUT2D eigenvalue weighted by Gasteiger charge is -2.22. The molecule has 0 fully saturated rings. The van der Waals surface area contributed by atoms with E-state index in [4.69, 9.17) is 4.74 Å². The molecule has 0 N–H and O–H groups in total. The molecule has 0 aliphatic carbocycles. The van der Waals surface area contributed by atoms with Crippen LogP contribution in [-0.2, 0) is 10.2 Å². The molecule has 1 aromatic rings. The fourth-order valence-electron chi connectivity index (χ4n) is 1.49. The van der Waals surface area contributed by atoms with Crippen LogP contribution in [-0.4, -0.2) is 5.97 Å². The Hall–Kier alpha value is -1.57. The number of para-hydroxylation sites is 1. The maximum absolute atomic E-state index is 11.7. The molecule has 0 atom stereocenters. The summed E-state index contributed by atoms with van der Waals surface area (Å²) in [5, 5.41) is 0. The number of benzene rings is 1. The maximum atomic E-state index is 11.7. The zero-order chi connectivity index (χ0) is 13.1. The summed E-state index contributed by atoms with van der Waals surface area (Å²) < 4.78 is 5.39. The van der Waals surface area contributed by atoms with Crippen LogP contribution in [0.2, 0.25) is 0 Å². The molecule has 1 aromatic carbocycles. The minimum atomic E-state index is -0.343. The summed E-state index contributed by atoms with van der Waals surface area (Å²) in [5.41, 5.74) is 1.47. The molecule has 17 heavy (non-hydrogen) atoms. The van der Waals surface area contributed by atoms with Crippen molar-refractivity contribution in [2.24, 2.45) is 0 Å². The maximum Gasteiger partial charge on any atom is 0.338 e. The van der Waals surface area contributed by atoms with Crippen molar-refractivity contribution in [3.05, 3.63) is 42.0 Å². The molecule has 0 bridgehead atoms. The molecule has 0 radical (unpaired) electrons. The van der Waals surface area contributed by atoms with E-state index in [1.807, 2.05) is 31.2 Å². The molecule has 0 saturated heterocycles. The molecule has 0 aromatic heterocycles. The number of rotatable bonds is 3. The van der Waals surface area contributed by atoms with Gasteiger partial charge in [0, 0.05) is 11.1 Å². The minimum absolute atomic E-state index is 0.0512. The van der Waals surface area contributed by atoms with Crippen molar-refractivity contribution in [2.75, 3.05) is 0 Å². The van der Waals surface area contributed by atoms with Gasteiger partial charge in [-0.25, -0.2) is 4.79 Å². The predicted octanol–water partition coefficient (Wildman–Crippen LogP) is 3.86. The third kappa shape index (κ3) is 3.45. The molecule has 0 saturated carbocycles. The highest BCUT2D eigenvalue weighted by molar-refractivity contribution is 5.89. The smallest absolute Gasteiger partial charge is 0.338 e. The number of hydrogen-bond acceptors (Lipinski definition) is 2. The van der Waals surface area contributed by atoms with E-state index < -0.39 is 0 Å². The van der Waals surface area contributed by atoms with Crippen molar-refractivity contribution in [3.63, 3.8) is 0 Å². The van der Waals surface area contributed by atoms with Crippen molar-refractivity contribution < 1.29 is 9.53 Å². The number of hydrogen-bond donors (Lipinski definition) is 0. The fraction of sp³-hybridized carbons (Fsp3) is 0.400. The van der Waals surface area contributed by atoms with Gasteiger partial charge in [0.25, 0.3) is 0 Å². The number of carbonyl (C=O) groups excluding carboxylic acids is 1. The SMILES string of the molecule is C=C(CC)C(=O)Oc1ccccc1C(C)(C)C. The number of carbonyl (C=O) groups is 1. The summed E-state index contributed by atoms with van der Waals surface area (Å²) >= 11 is 0. The first-order valence-electron chi connectivity index (χ1n) is 5.85. The topological polar surface area (TPSA) is 26.3 Å². The van der Waals surface area contributed by atoms with Gasteiger partial charge in [0.2, 0.25) is 0 Å². The standard InChI is InChI=1S/C15H20O2/c1-6-11(2)14(16)17-13-10-8-7-9-12(13)15(3,4)5/h7-10H,2,6H2,1,3-5H3. The van der Waals surface area contributed by atoms with E-state index in [9.17, 15) is 4.79 Å². The van der Waals surface area contributed by atoms with Gasteiger partial charge >= 0.3 is 5.97 Å². The lowest BCUT2D eigenvalue weighted by Crippen LogP contribution is -2.16. The molecular weight excluding hydrogens is 212 g/mol. The lowest BCUT2D eigenvalue weighted by atomic mass is 9.86. The summed E-state index contributed by atoms with van der Waals surface area (Å²) in [6.07, 6.45) is 0.608. The van der Waals surface area contributed by atoms with E-state index in [-0.39, 0.29) is 11.4 Å². The zero-order valence-corrected chi connectivity index (χ0v) is 11.0. The van der Waals surface area contributed by atoms with Crippen LogP contribution in [0, 0.1) is 0 Å². The van der Waals surface area contributed by atoms with Crippen LogP contribution >= 0.6 is 0 Å². The Kier molecular flexibility index (Phi) is 4.11. The third-order valence-corrected chi connectivity index (χ3v) is 2.61. The highest BCUT2D eigenvalue weighted by Crippen LogP contribution is 2.31. The van der Waals surface area contributed by atoms with Crippen molar-refractivity contribution in [1.29, 1.82) is 0 Å². The van der Waals surface area contributed by atoms with Crippen molar-refractivity contribution in [3.8, 4) is 5.75 Å². The second-order valence-electron chi connectivity index (χ2n) is 5.09. The van der Waals surface area contributed by atoms with Crippen LogP contribution in [0.15, 0.2) is 36.4 Å². The second kappa shape index (κ2) is 5.17. The average Bonchev–Trinajstić information content (AvgIpc) is 2.27. The summed E-state index contributed by atoms with van der Waals surface area (Å²) in [4.78, 5) is 11.7. The molecule has 92 valence electrons. The molecule has 2 heteroatoms. The van der Waals surface area contributed by atoms with Gasteiger partial charge in [-0.3, -0.25) is 0 Å². The molecule has 0 aliphatic rings. The lowest BCUT2D eigenvalue weighted by molar-refractivity contribution is -0.130. The molecule has 0 spiro atoms. The number of ether oxygens (including phenoxy) is 1. The summed E-state index contributed by atoms with van der Waals surface area (Å²) in [6.45, 7) is 11.8. The van der Waals surface area contributed by atoms with E-state index in [2.05, 4.69) is 27.4 Å². The normalized spacial score (nSPS) is 11.1. The Bertz CT molecular complexity index is 425.